The lowest BCUT2D eigenvalue weighted by atomic mass is 10.1. The van der Waals surface area contributed by atoms with Crippen molar-refractivity contribution in [2.24, 2.45) is 0 Å². The number of anilines is 2. The van der Waals surface area contributed by atoms with Gasteiger partial charge in [-0.1, -0.05) is 24.3 Å². The molecule has 1 aromatic heterocycles. The van der Waals surface area contributed by atoms with Crippen molar-refractivity contribution < 1.29 is 18.0 Å². The normalized spacial score (nSPS) is 11.2. The highest BCUT2D eigenvalue weighted by molar-refractivity contribution is 6.02. The number of halogens is 3. The van der Waals surface area contributed by atoms with Gasteiger partial charge in [0.2, 0.25) is 5.91 Å². The zero-order valence-corrected chi connectivity index (χ0v) is 13.9. The number of rotatable bonds is 3. The van der Waals surface area contributed by atoms with Crippen LogP contribution in [0.2, 0.25) is 0 Å². The molecule has 0 aliphatic heterocycles. The maximum atomic E-state index is 12.8. The zero-order chi connectivity index (χ0) is 18.7. The van der Waals surface area contributed by atoms with E-state index in [0.717, 1.165) is 12.1 Å². The average molecular weight is 356 g/mol. The van der Waals surface area contributed by atoms with E-state index >= 15 is 0 Å². The number of nitrogens with zero attached hydrogens (tertiary/aromatic N) is 2. The summed E-state index contributed by atoms with van der Waals surface area (Å²) in [7, 11) is 0. The van der Waals surface area contributed by atoms with E-state index in [2.05, 4.69) is 4.98 Å². The second kappa shape index (κ2) is 7.00. The lowest BCUT2D eigenvalue weighted by Crippen LogP contribution is -2.23. The van der Waals surface area contributed by atoms with E-state index in [1.807, 2.05) is 24.3 Å². The molecule has 6 heteroatoms. The maximum Gasteiger partial charge on any atom is 0.416 e. The second-order valence-corrected chi connectivity index (χ2v) is 5.63. The molecule has 1 heterocycles. The first-order valence-electron chi connectivity index (χ1n) is 7.86. The Bertz CT molecular complexity index is 906. The van der Waals surface area contributed by atoms with Crippen LogP contribution in [-0.4, -0.2) is 10.9 Å². The standard InChI is InChI=1S/C20H15F3N2O/c1-14(26)25(16-11-9-15(10-12-16)20(21,22)23)19-8-3-2-6-17(19)18-7-4-5-13-24-18/h2-13H,1H3. The van der Waals surface area contributed by atoms with Gasteiger partial charge in [-0.15, -0.1) is 0 Å². The van der Waals surface area contributed by atoms with Crippen molar-refractivity contribution in [1.82, 2.24) is 4.98 Å². The van der Waals surface area contributed by atoms with Gasteiger partial charge >= 0.3 is 6.18 Å². The van der Waals surface area contributed by atoms with Crippen LogP contribution in [0.25, 0.3) is 11.3 Å². The first-order valence-corrected chi connectivity index (χ1v) is 7.86. The summed E-state index contributed by atoms with van der Waals surface area (Å²) in [5.74, 6) is -0.312. The van der Waals surface area contributed by atoms with Gasteiger partial charge in [-0.25, -0.2) is 0 Å². The summed E-state index contributed by atoms with van der Waals surface area (Å²) in [5.41, 5.74) is 1.53. The molecule has 0 radical (unpaired) electrons. The summed E-state index contributed by atoms with van der Waals surface area (Å²) >= 11 is 0. The van der Waals surface area contributed by atoms with E-state index < -0.39 is 11.7 Å². The van der Waals surface area contributed by atoms with Crippen molar-refractivity contribution >= 4 is 17.3 Å². The fourth-order valence-electron chi connectivity index (χ4n) is 2.70. The molecule has 0 saturated heterocycles. The molecule has 0 aliphatic rings. The van der Waals surface area contributed by atoms with Crippen LogP contribution in [0, 0.1) is 0 Å². The van der Waals surface area contributed by atoms with Crippen molar-refractivity contribution in [2.45, 2.75) is 13.1 Å². The largest absolute Gasteiger partial charge is 0.416 e. The van der Waals surface area contributed by atoms with Gasteiger partial charge < -0.3 is 0 Å². The number of carbonyl (C=O) groups is 1. The van der Waals surface area contributed by atoms with Crippen LogP contribution in [-0.2, 0) is 11.0 Å². The summed E-state index contributed by atoms with van der Waals surface area (Å²) in [6.07, 6.45) is -2.78. The summed E-state index contributed by atoms with van der Waals surface area (Å²) in [5, 5.41) is 0. The molecule has 3 aromatic rings. The Kier molecular flexibility index (Phi) is 4.75. The number of alkyl halides is 3. The zero-order valence-electron chi connectivity index (χ0n) is 13.9. The number of pyridine rings is 1. The van der Waals surface area contributed by atoms with Gasteiger partial charge in [-0.05, 0) is 42.5 Å². The van der Waals surface area contributed by atoms with Crippen LogP contribution in [0.5, 0.6) is 0 Å². The summed E-state index contributed by atoms with van der Waals surface area (Å²) in [6.45, 7) is 1.37. The summed E-state index contributed by atoms with van der Waals surface area (Å²) in [6, 6.07) is 17.1. The Labute approximate surface area is 148 Å². The number of amides is 1. The molecule has 0 spiro atoms. The van der Waals surface area contributed by atoms with E-state index in [4.69, 9.17) is 0 Å². The Morgan fingerprint density at radius 2 is 1.58 bits per heavy atom. The third-order valence-corrected chi connectivity index (χ3v) is 3.85. The molecule has 132 valence electrons. The first kappa shape index (κ1) is 17.7. The molecule has 3 nitrogen and oxygen atoms in total. The van der Waals surface area contributed by atoms with Crippen molar-refractivity contribution in [1.29, 1.82) is 0 Å². The van der Waals surface area contributed by atoms with Gasteiger partial charge in [-0.2, -0.15) is 13.2 Å². The Morgan fingerprint density at radius 1 is 0.923 bits per heavy atom. The molecule has 0 N–H and O–H groups in total. The van der Waals surface area contributed by atoms with Crippen molar-refractivity contribution in [3.8, 4) is 11.3 Å². The van der Waals surface area contributed by atoms with E-state index in [1.54, 1.807) is 24.4 Å². The number of hydrogen-bond acceptors (Lipinski definition) is 2. The predicted octanol–water partition coefficient (Wildman–Crippen LogP) is 5.45. The number of aromatic nitrogens is 1. The number of carbonyl (C=O) groups excluding carboxylic acids is 1. The van der Waals surface area contributed by atoms with E-state index in [0.29, 0.717) is 22.6 Å². The molecular formula is C20H15F3N2O. The summed E-state index contributed by atoms with van der Waals surface area (Å²) in [4.78, 5) is 18.0. The van der Waals surface area contributed by atoms with Gasteiger partial charge in [-0.3, -0.25) is 14.7 Å². The van der Waals surface area contributed by atoms with E-state index in [9.17, 15) is 18.0 Å². The Hall–Kier alpha value is -3.15. The second-order valence-electron chi connectivity index (χ2n) is 5.63. The van der Waals surface area contributed by atoms with E-state index in [-0.39, 0.29) is 5.91 Å². The van der Waals surface area contributed by atoms with Gasteiger partial charge in [0.1, 0.15) is 0 Å². The molecule has 0 bridgehead atoms. The fourth-order valence-corrected chi connectivity index (χ4v) is 2.70. The first-order chi connectivity index (χ1) is 12.4. The monoisotopic (exact) mass is 356 g/mol. The molecular weight excluding hydrogens is 341 g/mol. The molecule has 26 heavy (non-hydrogen) atoms. The van der Waals surface area contributed by atoms with Gasteiger partial charge in [0.15, 0.2) is 0 Å². The van der Waals surface area contributed by atoms with Gasteiger partial charge in [0, 0.05) is 24.4 Å². The Morgan fingerprint density at radius 3 is 2.15 bits per heavy atom. The lowest BCUT2D eigenvalue weighted by Gasteiger charge is -2.24. The number of hydrogen-bond donors (Lipinski definition) is 0. The number of benzene rings is 2. The third-order valence-electron chi connectivity index (χ3n) is 3.85. The molecule has 2 aromatic carbocycles. The fraction of sp³-hybridized carbons (Fsp3) is 0.100. The van der Waals surface area contributed by atoms with Crippen LogP contribution in [0.4, 0.5) is 24.5 Å². The quantitative estimate of drug-likeness (QED) is 0.625. The van der Waals surface area contributed by atoms with Gasteiger partial charge in [0.25, 0.3) is 0 Å². The van der Waals surface area contributed by atoms with Gasteiger partial charge in [0.05, 0.1) is 16.9 Å². The lowest BCUT2D eigenvalue weighted by molar-refractivity contribution is -0.137. The topological polar surface area (TPSA) is 33.2 Å². The highest BCUT2D eigenvalue weighted by Gasteiger charge is 2.30. The minimum atomic E-state index is -4.43. The third kappa shape index (κ3) is 3.59. The molecule has 1 amide bonds. The molecule has 0 fully saturated rings. The molecule has 3 rings (SSSR count). The van der Waals surface area contributed by atoms with Crippen LogP contribution in [0.3, 0.4) is 0 Å². The highest BCUT2D eigenvalue weighted by atomic mass is 19.4. The SMILES string of the molecule is CC(=O)N(c1ccc(C(F)(F)F)cc1)c1ccccc1-c1ccccn1. The van der Waals surface area contributed by atoms with Crippen LogP contribution >= 0.6 is 0 Å². The van der Waals surface area contributed by atoms with Crippen LogP contribution < -0.4 is 4.90 Å². The molecule has 0 aliphatic carbocycles. The average Bonchev–Trinajstić information content (AvgIpc) is 2.62. The van der Waals surface area contributed by atoms with Crippen LogP contribution in [0.15, 0.2) is 72.9 Å². The highest BCUT2D eigenvalue weighted by Crippen LogP contribution is 2.36. The minimum absolute atomic E-state index is 0.312. The maximum absolute atomic E-state index is 12.8. The van der Waals surface area contributed by atoms with Crippen LogP contribution in [0.1, 0.15) is 12.5 Å². The Balaban J connectivity index is 2.09. The van der Waals surface area contributed by atoms with Crippen molar-refractivity contribution in [2.75, 3.05) is 4.90 Å². The summed E-state index contributed by atoms with van der Waals surface area (Å²) < 4.78 is 38.4. The van der Waals surface area contributed by atoms with Crippen molar-refractivity contribution in [3.05, 3.63) is 78.5 Å². The predicted molar refractivity (Wildman–Crippen MR) is 93.9 cm³/mol. The smallest absolute Gasteiger partial charge is 0.281 e. The molecule has 0 unspecified atom stereocenters. The minimum Gasteiger partial charge on any atom is -0.281 e. The molecule has 0 atom stereocenters. The van der Waals surface area contributed by atoms with E-state index in [1.165, 1.54) is 24.0 Å². The van der Waals surface area contributed by atoms with Crippen molar-refractivity contribution in [3.63, 3.8) is 0 Å². The molecule has 0 saturated carbocycles. The number of para-hydroxylation sites is 1.